The molecule has 0 aliphatic heterocycles. The molecule has 2 aromatic carbocycles. The lowest BCUT2D eigenvalue weighted by atomic mass is 10.3. The number of ether oxygens (including phenoxy) is 3. The third-order valence-electron chi connectivity index (χ3n) is 3.63. The van der Waals surface area contributed by atoms with Gasteiger partial charge in [0.1, 0.15) is 35.7 Å². The van der Waals surface area contributed by atoms with Crippen molar-refractivity contribution in [3.8, 4) is 23.0 Å². The molecule has 0 radical (unpaired) electrons. The molecule has 0 saturated heterocycles. The summed E-state index contributed by atoms with van der Waals surface area (Å²) >= 11 is 0. The van der Waals surface area contributed by atoms with Gasteiger partial charge in [-0.1, -0.05) is 25.1 Å². The van der Waals surface area contributed by atoms with Gasteiger partial charge in [-0.3, -0.25) is 4.98 Å². The van der Waals surface area contributed by atoms with Gasteiger partial charge in [0.25, 0.3) is 0 Å². The Morgan fingerprint density at radius 3 is 2.16 bits per heavy atom. The maximum Gasteiger partial charge on any atom is 0.138 e. The summed E-state index contributed by atoms with van der Waals surface area (Å²) in [5.41, 5.74) is 0. The lowest BCUT2D eigenvalue weighted by Gasteiger charge is -2.18. The predicted molar refractivity (Wildman–Crippen MR) is 97.4 cm³/mol. The van der Waals surface area contributed by atoms with Crippen LogP contribution in [-0.4, -0.2) is 17.7 Å². The summed E-state index contributed by atoms with van der Waals surface area (Å²) < 4.78 is 17.5. The highest BCUT2D eigenvalue weighted by atomic mass is 16.5. The van der Waals surface area contributed by atoms with Crippen LogP contribution in [0.4, 0.5) is 0 Å². The Bertz CT molecular complexity index is 745. The van der Waals surface area contributed by atoms with E-state index >= 15 is 0 Å². The standard InChI is InChI=1S/C21H21NO3/c1-2-17(24-21-9-6-14-22-15-21)16-23-18-10-12-20(13-11-18)25-19-7-4-3-5-8-19/h3-15,17H,2,16H2,1H3. The average Bonchev–Trinajstić information content (AvgIpc) is 2.68. The SMILES string of the molecule is CCC(COc1ccc(Oc2ccccc2)cc1)Oc1cccnc1. The molecule has 0 aliphatic carbocycles. The van der Waals surface area contributed by atoms with Crippen molar-refractivity contribution in [2.75, 3.05) is 6.61 Å². The third-order valence-corrected chi connectivity index (χ3v) is 3.63. The molecule has 1 aromatic heterocycles. The van der Waals surface area contributed by atoms with E-state index in [9.17, 15) is 0 Å². The monoisotopic (exact) mass is 335 g/mol. The van der Waals surface area contributed by atoms with E-state index in [1.54, 1.807) is 12.4 Å². The maximum absolute atomic E-state index is 5.88. The van der Waals surface area contributed by atoms with Crippen LogP contribution in [0.1, 0.15) is 13.3 Å². The Morgan fingerprint density at radius 1 is 0.800 bits per heavy atom. The van der Waals surface area contributed by atoms with Crippen molar-refractivity contribution in [1.29, 1.82) is 0 Å². The average molecular weight is 335 g/mol. The number of rotatable bonds is 8. The molecule has 3 rings (SSSR count). The second-order valence-corrected chi connectivity index (χ2v) is 5.53. The fourth-order valence-corrected chi connectivity index (χ4v) is 2.26. The molecule has 0 amide bonds. The molecule has 3 aromatic rings. The van der Waals surface area contributed by atoms with Gasteiger partial charge in [-0.25, -0.2) is 0 Å². The maximum atomic E-state index is 5.88. The van der Waals surface area contributed by atoms with Crippen molar-refractivity contribution >= 4 is 0 Å². The molecule has 0 aliphatic rings. The molecule has 4 heteroatoms. The zero-order chi connectivity index (χ0) is 17.3. The van der Waals surface area contributed by atoms with Crippen molar-refractivity contribution < 1.29 is 14.2 Å². The van der Waals surface area contributed by atoms with E-state index in [2.05, 4.69) is 11.9 Å². The smallest absolute Gasteiger partial charge is 0.138 e. The van der Waals surface area contributed by atoms with Gasteiger partial charge < -0.3 is 14.2 Å². The minimum Gasteiger partial charge on any atom is -0.490 e. The minimum atomic E-state index is -0.0237. The predicted octanol–water partition coefficient (Wildman–Crippen LogP) is 5.11. The summed E-state index contributed by atoms with van der Waals surface area (Å²) in [4.78, 5) is 4.05. The van der Waals surface area contributed by atoms with Crippen LogP contribution in [-0.2, 0) is 0 Å². The molecular weight excluding hydrogens is 314 g/mol. The van der Waals surface area contributed by atoms with Crippen molar-refractivity contribution in [1.82, 2.24) is 4.98 Å². The van der Waals surface area contributed by atoms with Crippen molar-refractivity contribution in [3.05, 3.63) is 79.1 Å². The molecule has 0 N–H and O–H groups in total. The van der Waals surface area contributed by atoms with Crippen LogP contribution >= 0.6 is 0 Å². The first-order valence-electron chi connectivity index (χ1n) is 8.36. The minimum absolute atomic E-state index is 0.0237. The largest absolute Gasteiger partial charge is 0.490 e. The summed E-state index contributed by atoms with van der Waals surface area (Å²) in [6, 6.07) is 21.0. The van der Waals surface area contributed by atoms with Gasteiger partial charge in [0.05, 0.1) is 6.20 Å². The van der Waals surface area contributed by atoms with Gasteiger partial charge in [0.15, 0.2) is 0 Å². The van der Waals surface area contributed by atoms with Gasteiger partial charge in [0, 0.05) is 6.20 Å². The second-order valence-electron chi connectivity index (χ2n) is 5.53. The van der Waals surface area contributed by atoms with E-state index in [1.165, 1.54) is 0 Å². The topological polar surface area (TPSA) is 40.6 Å². The number of para-hydroxylation sites is 1. The Balaban J connectivity index is 1.52. The second kappa shape index (κ2) is 8.73. The highest BCUT2D eigenvalue weighted by Gasteiger charge is 2.09. The first-order chi connectivity index (χ1) is 12.3. The fraction of sp³-hybridized carbons (Fsp3) is 0.190. The fourth-order valence-electron chi connectivity index (χ4n) is 2.26. The van der Waals surface area contributed by atoms with Crippen molar-refractivity contribution in [3.63, 3.8) is 0 Å². The van der Waals surface area contributed by atoms with E-state index in [0.717, 1.165) is 29.4 Å². The van der Waals surface area contributed by atoms with E-state index in [4.69, 9.17) is 14.2 Å². The third kappa shape index (κ3) is 5.24. The lowest BCUT2D eigenvalue weighted by molar-refractivity contribution is 0.125. The van der Waals surface area contributed by atoms with Crippen molar-refractivity contribution in [2.24, 2.45) is 0 Å². The number of pyridine rings is 1. The molecule has 0 fully saturated rings. The van der Waals surface area contributed by atoms with E-state index < -0.39 is 0 Å². The molecule has 25 heavy (non-hydrogen) atoms. The summed E-state index contributed by atoms with van der Waals surface area (Å²) in [5, 5.41) is 0. The zero-order valence-corrected chi connectivity index (χ0v) is 14.2. The van der Waals surface area contributed by atoms with Crippen LogP contribution in [0.25, 0.3) is 0 Å². The quantitative estimate of drug-likeness (QED) is 0.573. The Hall–Kier alpha value is -3.01. The molecule has 1 unspecified atom stereocenters. The Kier molecular flexibility index (Phi) is 5.88. The Morgan fingerprint density at radius 2 is 1.48 bits per heavy atom. The van der Waals surface area contributed by atoms with Crippen LogP contribution in [0.15, 0.2) is 79.1 Å². The number of hydrogen-bond acceptors (Lipinski definition) is 4. The highest BCUT2D eigenvalue weighted by Crippen LogP contribution is 2.23. The number of nitrogens with zero attached hydrogens (tertiary/aromatic N) is 1. The molecule has 1 atom stereocenters. The van der Waals surface area contributed by atoms with E-state index in [1.807, 2.05) is 66.7 Å². The van der Waals surface area contributed by atoms with Crippen LogP contribution in [0, 0.1) is 0 Å². The van der Waals surface area contributed by atoms with Gasteiger partial charge in [-0.2, -0.15) is 0 Å². The van der Waals surface area contributed by atoms with Crippen LogP contribution in [0.3, 0.4) is 0 Å². The zero-order valence-electron chi connectivity index (χ0n) is 14.2. The van der Waals surface area contributed by atoms with Crippen LogP contribution < -0.4 is 14.2 Å². The molecule has 0 saturated carbocycles. The number of aromatic nitrogens is 1. The summed E-state index contributed by atoms with van der Waals surface area (Å²) in [7, 11) is 0. The first-order valence-corrected chi connectivity index (χ1v) is 8.36. The van der Waals surface area contributed by atoms with Gasteiger partial charge in [-0.15, -0.1) is 0 Å². The number of hydrogen-bond donors (Lipinski definition) is 0. The molecule has 0 bridgehead atoms. The van der Waals surface area contributed by atoms with Gasteiger partial charge >= 0.3 is 0 Å². The molecule has 0 spiro atoms. The van der Waals surface area contributed by atoms with E-state index in [-0.39, 0.29) is 6.10 Å². The van der Waals surface area contributed by atoms with Crippen LogP contribution in [0.2, 0.25) is 0 Å². The molecular formula is C21H21NO3. The molecule has 1 heterocycles. The molecule has 4 nitrogen and oxygen atoms in total. The normalized spacial score (nSPS) is 11.6. The first kappa shape index (κ1) is 16.8. The lowest BCUT2D eigenvalue weighted by Crippen LogP contribution is -2.24. The van der Waals surface area contributed by atoms with E-state index in [0.29, 0.717) is 6.61 Å². The van der Waals surface area contributed by atoms with Gasteiger partial charge in [0.2, 0.25) is 0 Å². The summed E-state index contributed by atoms with van der Waals surface area (Å²) in [6.45, 7) is 2.55. The van der Waals surface area contributed by atoms with Crippen LogP contribution in [0.5, 0.6) is 23.0 Å². The number of benzene rings is 2. The Labute approximate surface area is 148 Å². The summed E-state index contributed by atoms with van der Waals surface area (Å²) in [6.07, 6.45) is 4.26. The highest BCUT2D eigenvalue weighted by molar-refractivity contribution is 5.35. The summed E-state index contributed by atoms with van der Waals surface area (Å²) in [5.74, 6) is 3.13. The molecule has 128 valence electrons. The van der Waals surface area contributed by atoms with Crippen molar-refractivity contribution in [2.45, 2.75) is 19.4 Å². The van der Waals surface area contributed by atoms with Gasteiger partial charge in [-0.05, 0) is 55.0 Å².